The van der Waals surface area contributed by atoms with Crippen molar-refractivity contribution in [2.45, 2.75) is 51.6 Å². The lowest BCUT2D eigenvalue weighted by atomic mass is 10.0. The van der Waals surface area contributed by atoms with Crippen molar-refractivity contribution in [1.82, 2.24) is 0 Å². The van der Waals surface area contributed by atoms with E-state index in [4.69, 9.17) is 9.29 Å². The molecular weight excluding hydrogens is 376 g/mol. The van der Waals surface area contributed by atoms with Gasteiger partial charge in [0.2, 0.25) is 0 Å². The molecule has 2 rings (SSSR count). The van der Waals surface area contributed by atoms with E-state index in [0.29, 0.717) is 38.5 Å². The average Bonchev–Trinajstić information content (AvgIpc) is 2.51. The minimum atomic E-state index is -4.79. The Morgan fingerprint density at radius 2 is 1.89 bits per heavy atom. The van der Waals surface area contributed by atoms with Crippen molar-refractivity contribution >= 4 is 28.2 Å². The van der Waals surface area contributed by atoms with Crippen LogP contribution in [0.5, 0.6) is 11.5 Å². The van der Waals surface area contributed by atoms with Crippen LogP contribution < -0.4 is 4.18 Å². The summed E-state index contributed by atoms with van der Waals surface area (Å²) in [5, 5.41) is 10.2. The molecule has 0 saturated carbocycles. The number of carbonyl (C=O) groups is 2. The number of cyclic esters (lactones) is 1. The first-order valence-corrected chi connectivity index (χ1v) is 9.95. The summed E-state index contributed by atoms with van der Waals surface area (Å²) in [7, 11) is -4.79. The normalized spacial score (nSPS) is 19.7. The Bertz CT molecular complexity index is 841. The van der Waals surface area contributed by atoms with Crippen molar-refractivity contribution in [2.75, 3.05) is 0 Å². The Morgan fingerprint density at radius 3 is 2.59 bits per heavy atom. The molecule has 148 valence electrons. The topological polar surface area (TPSA) is 127 Å². The number of Topliss-reactive ketones (excluding diaryl/α,β-unsaturated/α-hetero) is 1. The van der Waals surface area contributed by atoms with Crippen molar-refractivity contribution in [3.05, 3.63) is 29.3 Å². The summed E-state index contributed by atoms with van der Waals surface area (Å²) in [4.78, 5) is 24.3. The molecule has 1 aliphatic rings. The van der Waals surface area contributed by atoms with Gasteiger partial charge < -0.3 is 14.0 Å². The number of hydrogen-bond donors (Lipinski definition) is 2. The summed E-state index contributed by atoms with van der Waals surface area (Å²) >= 11 is 0. The van der Waals surface area contributed by atoms with Gasteiger partial charge in [-0.3, -0.25) is 9.35 Å². The van der Waals surface area contributed by atoms with Gasteiger partial charge in [0.25, 0.3) is 0 Å². The molecule has 1 aliphatic heterocycles. The smallest absolute Gasteiger partial charge is 0.446 e. The number of hydrogen-bond acceptors (Lipinski definition) is 7. The van der Waals surface area contributed by atoms with Gasteiger partial charge in [-0.2, -0.15) is 8.42 Å². The molecule has 8 nitrogen and oxygen atoms in total. The molecule has 0 unspecified atom stereocenters. The summed E-state index contributed by atoms with van der Waals surface area (Å²) in [5.41, 5.74) is 0.0446. The molecule has 0 spiro atoms. The molecule has 0 amide bonds. The highest BCUT2D eigenvalue weighted by Crippen LogP contribution is 2.31. The highest BCUT2D eigenvalue weighted by atomic mass is 32.3. The second kappa shape index (κ2) is 9.01. The summed E-state index contributed by atoms with van der Waals surface area (Å²) < 4.78 is 40.3. The lowest BCUT2D eigenvalue weighted by molar-refractivity contribution is -0.119. The van der Waals surface area contributed by atoms with E-state index in [2.05, 4.69) is 4.18 Å². The van der Waals surface area contributed by atoms with E-state index in [-0.39, 0.29) is 22.7 Å². The first-order valence-electron chi connectivity index (χ1n) is 8.59. The maximum absolute atomic E-state index is 12.5. The summed E-state index contributed by atoms with van der Waals surface area (Å²) in [6.07, 6.45) is 5.93. The molecule has 1 aromatic carbocycles. The highest BCUT2D eigenvalue weighted by Gasteiger charge is 2.22. The zero-order valence-corrected chi connectivity index (χ0v) is 15.7. The number of fused-ring (bicyclic) bond motifs is 1. The van der Waals surface area contributed by atoms with Crippen LogP contribution in [-0.2, 0) is 19.9 Å². The molecule has 0 aliphatic carbocycles. The van der Waals surface area contributed by atoms with E-state index in [1.54, 1.807) is 13.0 Å². The molecule has 2 N–H and O–H groups in total. The molecule has 1 aromatic rings. The van der Waals surface area contributed by atoms with Crippen molar-refractivity contribution in [2.24, 2.45) is 0 Å². The third kappa shape index (κ3) is 6.69. The molecule has 0 bridgehead atoms. The van der Waals surface area contributed by atoms with Gasteiger partial charge in [-0.15, -0.1) is 0 Å². The standard InChI is InChI=1S/C18H22O8S/c1-12-6-5-9-14(19)8-4-2-3-7-13-10-15(26-27(22,23)24)11-16(20)17(13)18(21)25-12/h3,7,10-12,20H,2,4-6,8-9H2,1H3,(H,22,23,24)/t12-/m0/s1. The number of phenols is 1. The Kier molecular flexibility index (Phi) is 6.98. The molecule has 0 radical (unpaired) electrons. The Balaban J connectivity index is 2.40. The molecule has 0 aromatic heterocycles. The molecule has 27 heavy (non-hydrogen) atoms. The van der Waals surface area contributed by atoms with Crippen LogP contribution in [-0.4, -0.2) is 35.9 Å². The molecule has 0 saturated heterocycles. The lowest BCUT2D eigenvalue weighted by Gasteiger charge is -2.16. The number of benzene rings is 1. The zero-order chi connectivity index (χ0) is 20.0. The minimum absolute atomic E-state index is 0.131. The maximum Gasteiger partial charge on any atom is 0.446 e. The fourth-order valence-electron chi connectivity index (χ4n) is 2.79. The second-order valence-electron chi connectivity index (χ2n) is 6.36. The van der Waals surface area contributed by atoms with Gasteiger partial charge in [0, 0.05) is 18.9 Å². The van der Waals surface area contributed by atoms with Crippen molar-refractivity contribution < 1.29 is 36.6 Å². The van der Waals surface area contributed by atoms with Gasteiger partial charge in [-0.1, -0.05) is 12.2 Å². The second-order valence-corrected chi connectivity index (χ2v) is 7.38. The minimum Gasteiger partial charge on any atom is -0.507 e. The zero-order valence-electron chi connectivity index (χ0n) is 14.9. The van der Waals surface area contributed by atoms with E-state index in [0.717, 1.165) is 6.07 Å². The monoisotopic (exact) mass is 398 g/mol. The number of carbonyl (C=O) groups excluding carboxylic acids is 2. The maximum atomic E-state index is 12.5. The number of allylic oxidation sites excluding steroid dienone is 1. The van der Waals surface area contributed by atoms with Crippen LogP contribution in [0.25, 0.3) is 6.08 Å². The van der Waals surface area contributed by atoms with E-state index < -0.39 is 28.2 Å². The van der Waals surface area contributed by atoms with Crippen LogP contribution in [0.2, 0.25) is 0 Å². The number of ether oxygens (including phenoxy) is 1. The lowest BCUT2D eigenvalue weighted by Crippen LogP contribution is -2.17. The van der Waals surface area contributed by atoms with E-state index in [1.165, 1.54) is 12.1 Å². The van der Waals surface area contributed by atoms with Gasteiger partial charge in [0.1, 0.15) is 22.8 Å². The summed E-state index contributed by atoms with van der Waals surface area (Å²) in [6.45, 7) is 1.69. The fourth-order valence-corrected chi connectivity index (χ4v) is 3.12. The van der Waals surface area contributed by atoms with Crippen LogP contribution in [0.15, 0.2) is 18.2 Å². The van der Waals surface area contributed by atoms with Gasteiger partial charge >= 0.3 is 16.4 Å². The van der Waals surface area contributed by atoms with Crippen molar-refractivity contribution in [3.8, 4) is 11.5 Å². The van der Waals surface area contributed by atoms with E-state index in [1.807, 2.05) is 0 Å². The number of rotatable bonds is 2. The molecule has 1 atom stereocenters. The van der Waals surface area contributed by atoms with Crippen LogP contribution in [0.3, 0.4) is 0 Å². The Morgan fingerprint density at radius 1 is 1.19 bits per heavy atom. The van der Waals surface area contributed by atoms with Crippen LogP contribution in [0, 0.1) is 0 Å². The predicted molar refractivity (Wildman–Crippen MR) is 96.9 cm³/mol. The van der Waals surface area contributed by atoms with Crippen molar-refractivity contribution in [1.29, 1.82) is 0 Å². The van der Waals surface area contributed by atoms with Gasteiger partial charge in [0.05, 0.1) is 6.10 Å². The Labute approximate surface area is 157 Å². The third-order valence-electron chi connectivity index (χ3n) is 4.03. The molecule has 0 fully saturated rings. The number of phenolic OH excluding ortho intramolecular Hbond substituents is 1. The largest absolute Gasteiger partial charge is 0.507 e. The van der Waals surface area contributed by atoms with Gasteiger partial charge in [-0.25, -0.2) is 4.79 Å². The van der Waals surface area contributed by atoms with Gasteiger partial charge in [-0.05, 0) is 44.2 Å². The third-order valence-corrected chi connectivity index (χ3v) is 4.43. The van der Waals surface area contributed by atoms with E-state index >= 15 is 0 Å². The molecule has 1 heterocycles. The first-order chi connectivity index (χ1) is 12.7. The summed E-state index contributed by atoms with van der Waals surface area (Å²) in [5.74, 6) is -1.51. The Hall–Kier alpha value is -2.39. The molecular formula is C18H22O8S. The van der Waals surface area contributed by atoms with Crippen LogP contribution >= 0.6 is 0 Å². The predicted octanol–water partition coefficient (Wildman–Crippen LogP) is 3.06. The number of ketones is 1. The first kappa shape index (κ1) is 20.9. The quantitative estimate of drug-likeness (QED) is 0.575. The highest BCUT2D eigenvalue weighted by molar-refractivity contribution is 7.81. The van der Waals surface area contributed by atoms with Crippen molar-refractivity contribution in [3.63, 3.8) is 0 Å². The van der Waals surface area contributed by atoms with Crippen LogP contribution in [0.4, 0.5) is 0 Å². The number of aromatic hydroxyl groups is 1. The number of esters is 1. The fraction of sp³-hybridized carbons (Fsp3) is 0.444. The molecule has 9 heteroatoms. The van der Waals surface area contributed by atoms with E-state index in [9.17, 15) is 23.1 Å². The van der Waals surface area contributed by atoms with Gasteiger partial charge in [0.15, 0.2) is 0 Å². The SMILES string of the molecule is C[C@H]1CCCC(=O)CCCC=Cc2cc(OS(=O)(=O)O)cc(O)c2C(=O)O1. The summed E-state index contributed by atoms with van der Waals surface area (Å²) in [6, 6.07) is 2.11. The van der Waals surface area contributed by atoms with Crippen LogP contribution in [0.1, 0.15) is 61.4 Å². The average molecular weight is 398 g/mol.